The third kappa shape index (κ3) is 4.73. The van der Waals surface area contributed by atoms with Gasteiger partial charge in [0.1, 0.15) is 11.6 Å². The Morgan fingerprint density at radius 2 is 1.79 bits per heavy atom. The summed E-state index contributed by atoms with van der Waals surface area (Å²) in [5.41, 5.74) is 4.78. The first-order valence-corrected chi connectivity index (χ1v) is 11.4. The molecule has 0 aliphatic carbocycles. The van der Waals surface area contributed by atoms with Gasteiger partial charge in [0.25, 0.3) is 0 Å². The van der Waals surface area contributed by atoms with E-state index >= 15 is 0 Å². The maximum Gasteiger partial charge on any atom is 0.225 e. The minimum atomic E-state index is -0.560. The monoisotopic (exact) mass is 448 g/mol. The number of β-amino-alcohol motifs (C(OH)–C–C–N with tert-alkyl or cyclic N) is 1. The van der Waals surface area contributed by atoms with Crippen molar-refractivity contribution in [2.45, 2.75) is 45.8 Å². The summed E-state index contributed by atoms with van der Waals surface area (Å²) in [6, 6.07) is 3.67. The van der Waals surface area contributed by atoms with Crippen LogP contribution < -0.4 is 15.1 Å². The smallest absolute Gasteiger partial charge is 0.225 e. The lowest BCUT2D eigenvalue weighted by Gasteiger charge is -2.21. The van der Waals surface area contributed by atoms with Crippen molar-refractivity contribution in [3.8, 4) is 11.3 Å². The Hall–Kier alpha value is -3.33. The van der Waals surface area contributed by atoms with E-state index in [0.717, 1.165) is 52.7 Å². The summed E-state index contributed by atoms with van der Waals surface area (Å²) in [7, 11) is 3.97. The fraction of sp³-hybridized carbons (Fsp3) is 0.458. The Bertz CT molecular complexity index is 1110. The van der Waals surface area contributed by atoms with Gasteiger partial charge in [0.05, 0.1) is 29.2 Å². The summed E-state index contributed by atoms with van der Waals surface area (Å²) in [5.74, 6) is 2.27. The Morgan fingerprint density at radius 1 is 1.06 bits per heavy atom. The van der Waals surface area contributed by atoms with Crippen LogP contribution in [0.4, 0.5) is 17.6 Å². The normalized spacial score (nSPS) is 17.9. The molecule has 0 amide bonds. The predicted octanol–water partition coefficient (Wildman–Crippen LogP) is 2.49. The number of hydrogen-bond donors (Lipinski definition) is 2. The van der Waals surface area contributed by atoms with E-state index in [1.807, 2.05) is 30.1 Å². The molecule has 9 heteroatoms. The van der Waals surface area contributed by atoms with Crippen molar-refractivity contribution in [1.29, 1.82) is 0 Å². The maximum absolute atomic E-state index is 10.7. The SMILES string of the molecule is CCc1nc(-c2cnc(N(C)C)cc2C)c(CC)nc1N[C@@H]1CN(c2ncccn2)C[C@@H]1O. The summed E-state index contributed by atoms with van der Waals surface area (Å²) >= 11 is 0. The Labute approximate surface area is 195 Å². The topological polar surface area (TPSA) is 103 Å². The average Bonchev–Trinajstić information content (AvgIpc) is 3.19. The van der Waals surface area contributed by atoms with Crippen molar-refractivity contribution in [1.82, 2.24) is 24.9 Å². The zero-order chi connectivity index (χ0) is 23.5. The lowest BCUT2D eigenvalue weighted by atomic mass is 10.0. The van der Waals surface area contributed by atoms with Crippen molar-refractivity contribution < 1.29 is 5.11 Å². The highest BCUT2D eigenvalue weighted by Gasteiger charge is 2.33. The maximum atomic E-state index is 10.7. The van der Waals surface area contributed by atoms with Gasteiger partial charge in [-0.15, -0.1) is 0 Å². The number of aliphatic hydroxyl groups is 1. The second-order valence-electron chi connectivity index (χ2n) is 8.55. The number of rotatable bonds is 7. The van der Waals surface area contributed by atoms with Crippen LogP contribution in [0, 0.1) is 6.92 Å². The van der Waals surface area contributed by atoms with E-state index in [-0.39, 0.29) is 6.04 Å². The summed E-state index contributed by atoms with van der Waals surface area (Å²) in [5, 5.41) is 14.2. The third-order valence-corrected chi connectivity index (χ3v) is 5.97. The molecule has 1 aliphatic heterocycles. The second-order valence-corrected chi connectivity index (χ2v) is 8.55. The summed E-state index contributed by atoms with van der Waals surface area (Å²) < 4.78 is 0. The van der Waals surface area contributed by atoms with Crippen LogP contribution in [0.3, 0.4) is 0 Å². The quantitative estimate of drug-likeness (QED) is 0.564. The van der Waals surface area contributed by atoms with Gasteiger partial charge in [0.2, 0.25) is 5.95 Å². The first-order valence-electron chi connectivity index (χ1n) is 11.4. The van der Waals surface area contributed by atoms with Crippen LogP contribution in [0.1, 0.15) is 30.8 Å². The second kappa shape index (κ2) is 9.66. The Balaban J connectivity index is 1.63. The number of aromatic nitrogens is 5. The minimum Gasteiger partial charge on any atom is -0.389 e. The largest absolute Gasteiger partial charge is 0.389 e. The van der Waals surface area contributed by atoms with Crippen LogP contribution in [0.5, 0.6) is 0 Å². The van der Waals surface area contributed by atoms with Gasteiger partial charge in [0, 0.05) is 51.3 Å². The van der Waals surface area contributed by atoms with Crippen LogP contribution in [0.2, 0.25) is 0 Å². The van der Waals surface area contributed by atoms with E-state index in [9.17, 15) is 5.11 Å². The zero-order valence-corrected chi connectivity index (χ0v) is 19.9. The van der Waals surface area contributed by atoms with Crippen LogP contribution in [-0.2, 0) is 12.8 Å². The third-order valence-electron chi connectivity index (χ3n) is 5.97. The van der Waals surface area contributed by atoms with Crippen molar-refractivity contribution >= 4 is 17.6 Å². The molecule has 1 aliphatic rings. The number of anilines is 3. The number of pyridine rings is 1. The number of nitrogens with zero attached hydrogens (tertiary/aromatic N) is 7. The molecule has 0 radical (unpaired) electrons. The molecule has 33 heavy (non-hydrogen) atoms. The molecular weight excluding hydrogens is 416 g/mol. The van der Waals surface area contributed by atoms with Gasteiger partial charge in [-0.25, -0.2) is 24.9 Å². The fourth-order valence-corrected chi connectivity index (χ4v) is 4.08. The first kappa shape index (κ1) is 22.8. The summed E-state index contributed by atoms with van der Waals surface area (Å²) in [6.07, 6.45) is 6.22. The van der Waals surface area contributed by atoms with E-state index in [1.165, 1.54) is 0 Å². The van der Waals surface area contributed by atoms with E-state index in [1.54, 1.807) is 18.5 Å². The first-order chi connectivity index (χ1) is 15.9. The van der Waals surface area contributed by atoms with Crippen LogP contribution in [-0.4, -0.2) is 69.4 Å². The van der Waals surface area contributed by atoms with E-state index in [2.05, 4.69) is 47.1 Å². The summed E-state index contributed by atoms with van der Waals surface area (Å²) in [6.45, 7) is 7.30. The minimum absolute atomic E-state index is 0.188. The standard InChI is InChI=1S/C24H32N8O/c1-6-17-22(16-12-27-21(31(4)5)11-15(16)3)28-18(7-2)23(29-17)30-19-13-32(14-20(19)33)24-25-9-8-10-26-24/h8-12,19-20,33H,6-7,13-14H2,1-5H3,(H,29,30)/t19-,20+/m1/s1. The molecular formula is C24H32N8O. The van der Waals surface area contributed by atoms with E-state index in [0.29, 0.717) is 19.0 Å². The number of aryl methyl sites for hydroxylation is 3. The molecule has 3 aromatic rings. The lowest BCUT2D eigenvalue weighted by Crippen LogP contribution is -2.33. The predicted molar refractivity (Wildman–Crippen MR) is 131 cm³/mol. The highest BCUT2D eigenvalue weighted by atomic mass is 16.3. The lowest BCUT2D eigenvalue weighted by molar-refractivity contribution is 0.186. The van der Waals surface area contributed by atoms with Crippen LogP contribution in [0.25, 0.3) is 11.3 Å². The van der Waals surface area contributed by atoms with Crippen molar-refractivity contribution in [2.75, 3.05) is 42.3 Å². The summed E-state index contributed by atoms with van der Waals surface area (Å²) in [4.78, 5) is 27.2. The molecule has 9 nitrogen and oxygen atoms in total. The fourth-order valence-electron chi connectivity index (χ4n) is 4.08. The van der Waals surface area contributed by atoms with Gasteiger partial charge in [0.15, 0.2) is 0 Å². The van der Waals surface area contributed by atoms with Gasteiger partial charge in [-0.1, -0.05) is 13.8 Å². The highest BCUT2D eigenvalue weighted by Crippen LogP contribution is 2.29. The molecule has 2 N–H and O–H groups in total. The molecule has 0 spiro atoms. The molecule has 1 fully saturated rings. The Morgan fingerprint density at radius 3 is 2.42 bits per heavy atom. The Kier molecular flexibility index (Phi) is 6.69. The number of aliphatic hydroxyl groups excluding tert-OH is 1. The van der Waals surface area contributed by atoms with Gasteiger partial charge in [-0.05, 0) is 37.5 Å². The van der Waals surface area contributed by atoms with E-state index < -0.39 is 6.10 Å². The highest BCUT2D eigenvalue weighted by molar-refractivity contribution is 5.68. The molecule has 0 aromatic carbocycles. The number of nitrogens with one attached hydrogen (secondary N) is 1. The molecule has 0 bridgehead atoms. The average molecular weight is 449 g/mol. The molecule has 174 valence electrons. The van der Waals surface area contributed by atoms with Gasteiger partial charge < -0.3 is 20.2 Å². The van der Waals surface area contributed by atoms with Gasteiger partial charge >= 0.3 is 0 Å². The van der Waals surface area contributed by atoms with Crippen molar-refractivity contribution in [2.24, 2.45) is 0 Å². The van der Waals surface area contributed by atoms with Crippen LogP contribution >= 0.6 is 0 Å². The van der Waals surface area contributed by atoms with Gasteiger partial charge in [-0.3, -0.25) is 0 Å². The van der Waals surface area contributed by atoms with Crippen molar-refractivity contribution in [3.05, 3.63) is 47.7 Å². The molecule has 4 heterocycles. The number of hydrogen-bond acceptors (Lipinski definition) is 9. The molecule has 0 unspecified atom stereocenters. The van der Waals surface area contributed by atoms with Crippen molar-refractivity contribution in [3.63, 3.8) is 0 Å². The molecule has 2 atom stereocenters. The molecule has 4 rings (SSSR count). The molecule has 3 aromatic heterocycles. The van der Waals surface area contributed by atoms with Crippen LogP contribution in [0.15, 0.2) is 30.7 Å². The molecule has 1 saturated heterocycles. The zero-order valence-electron chi connectivity index (χ0n) is 19.9. The van der Waals surface area contributed by atoms with Gasteiger partial charge in [-0.2, -0.15) is 0 Å². The van der Waals surface area contributed by atoms with E-state index in [4.69, 9.17) is 9.97 Å². The molecule has 0 saturated carbocycles.